The third-order valence-corrected chi connectivity index (χ3v) is 8.36. The lowest BCUT2D eigenvalue weighted by Crippen LogP contribution is -2.22. The molecule has 2 aromatic heterocycles. The molecule has 5 rings (SSSR count). The summed E-state index contributed by atoms with van der Waals surface area (Å²) in [6, 6.07) is 18.2. The molecule has 10 heteroatoms. The van der Waals surface area contributed by atoms with Gasteiger partial charge in [0, 0.05) is 11.6 Å². The van der Waals surface area contributed by atoms with E-state index in [0.29, 0.717) is 47.1 Å². The van der Waals surface area contributed by atoms with Crippen molar-refractivity contribution in [1.82, 2.24) is 9.55 Å². The van der Waals surface area contributed by atoms with Crippen molar-refractivity contribution >= 4 is 43.7 Å². The van der Waals surface area contributed by atoms with Crippen LogP contribution in [0.1, 0.15) is 27.2 Å². The van der Waals surface area contributed by atoms with E-state index in [2.05, 4.69) is 21.2 Å². The Labute approximate surface area is 214 Å². The number of sulfone groups is 1. The number of carbonyl (C=O) groups is 1. The van der Waals surface area contributed by atoms with Crippen LogP contribution in [0.5, 0.6) is 0 Å². The summed E-state index contributed by atoms with van der Waals surface area (Å²) in [6.07, 6.45) is 1.07. The van der Waals surface area contributed by atoms with E-state index in [0.717, 1.165) is 11.1 Å². The molecule has 2 heterocycles. The van der Waals surface area contributed by atoms with E-state index in [4.69, 9.17) is 15.4 Å². The number of benzene rings is 2. The van der Waals surface area contributed by atoms with E-state index >= 15 is 0 Å². The SMILES string of the molecule is O=C(OBr)c1cc2c(n1Cc1ccc(Cl)cc1)-c1[nH]c(=O)c(S(=O)(=O)c3ccccc3)cc1CC2. The van der Waals surface area contributed by atoms with Crippen LogP contribution in [0, 0.1) is 0 Å². The fourth-order valence-corrected chi connectivity index (χ4v) is 6.05. The van der Waals surface area contributed by atoms with Crippen LogP contribution >= 0.6 is 27.9 Å². The van der Waals surface area contributed by atoms with Crippen molar-refractivity contribution in [3.63, 3.8) is 0 Å². The van der Waals surface area contributed by atoms with Crippen molar-refractivity contribution in [3.05, 3.63) is 104 Å². The molecule has 0 bridgehead atoms. The zero-order valence-electron chi connectivity index (χ0n) is 18.1. The molecule has 2 aromatic carbocycles. The van der Waals surface area contributed by atoms with Gasteiger partial charge in [-0.15, -0.1) is 0 Å². The van der Waals surface area contributed by atoms with Gasteiger partial charge in [0.1, 0.15) is 10.6 Å². The van der Waals surface area contributed by atoms with Gasteiger partial charge in [-0.25, -0.2) is 13.2 Å². The molecule has 35 heavy (non-hydrogen) atoms. The predicted molar refractivity (Wildman–Crippen MR) is 135 cm³/mol. The maximum Gasteiger partial charge on any atom is 0.366 e. The number of aromatic nitrogens is 2. The van der Waals surface area contributed by atoms with Crippen molar-refractivity contribution in [2.45, 2.75) is 29.2 Å². The molecule has 0 saturated carbocycles. The minimum Gasteiger partial charge on any atom is -0.379 e. The lowest BCUT2D eigenvalue weighted by atomic mass is 9.94. The first-order valence-electron chi connectivity index (χ1n) is 10.7. The Morgan fingerprint density at radius 2 is 1.71 bits per heavy atom. The number of pyridine rings is 1. The molecule has 0 aliphatic heterocycles. The number of aryl methyl sites for hydroxylation is 2. The summed E-state index contributed by atoms with van der Waals surface area (Å²) >= 11 is 8.78. The molecule has 1 aliphatic rings. The van der Waals surface area contributed by atoms with Crippen LogP contribution in [0.4, 0.5) is 0 Å². The first kappa shape index (κ1) is 23.6. The van der Waals surface area contributed by atoms with Crippen molar-refractivity contribution in [1.29, 1.82) is 0 Å². The first-order chi connectivity index (χ1) is 16.8. The molecule has 0 radical (unpaired) electrons. The largest absolute Gasteiger partial charge is 0.379 e. The molecule has 0 unspecified atom stereocenters. The molecule has 1 N–H and O–H groups in total. The minimum absolute atomic E-state index is 0.0513. The number of nitrogens with one attached hydrogen (secondary N) is 1. The number of carbonyl (C=O) groups excluding carboxylic acids is 1. The normalized spacial score (nSPS) is 12.6. The number of nitrogens with zero attached hydrogens (tertiary/aromatic N) is 1. The fraction of sp³-hybridized carbons (Fsp3) is 0.120. The molecule has 7 nitrogen and oxygen atoms in total. The first-order valence-corrected chi connectivity index (χ1v) is 13.2. The standard InChI is InChI=1S/C25H18BrClN2O5S/c26-34-25(31)20-12-17-9-8-16-13-21(35(32,33)19-4-2-1-3-5-19)24(30)28-22(16)23(17)29(20)14-15-6-10-18(27)11-7-15/h1-7,10-13H,8-9,14H2,(H,28,30). The van der Waals surface area contributed by atoms with Gasteiger partial charge < -0.3 is 13.4 Å². The predicted octanol–water partition coefficient (Wildman–Crippen LogP) is 4.94. The molecule has 178 valence electrons. The van der Waals surface area contributed by atoms with Gasteiger partial charge in [-0.1, -0.05) is 41.9 Å². The molecule has 4 aromatic rings. The summed E-state index contributed by atoms with van der Waals surface area (Å²) in [4.78, 5) is 28.2. The van der Waals surface area contributed by atoms with Crippen molar-refractivity contribution in [2.75, 3.05) is 0 Å². The summed E-state index contributed by atoms with van der Waals surface area (Å²) in [6.45, 7) is 0.315. The maximum absolute atomic E-state index is 13.2. The Morgan fingerprint density at radius 1 is 1.03 bits per heavy atom. The Morgan fingerprint density at radius 3 is 2.40 bits per heavy atom. The van der Waals surface area contributed by atoms with Crippen molar-refractivity contribution < 1.29 is 17.0 Å². The zero-order chi connectivity index (χ0) is 24.7. The smallest absolute Gasteiger partial charge is 0.366 e. The second kappa shape index (κ2) is 9.14. The van der Waals surface area contributed by atoms with Crippen LogP contribution in [0.2, 0.25) is 5.02 Å². The molecular formula is C25H18BrClN2O5S. The van der Waals surface area contributed by atoms with Crippen LogP contribution < -0.4 is 5.56 Å². The Balaban J connectivity index is 1.67. The Bertz CT molecular complexity index is 1610. The zero-order valence-corrected chi connectivity index (χ0v) is 21.3. The summed E-state index contributed by atoms with van der Waals surface area (Å²) in [7, 11) is -4.00. The van der Waals surface area contributed by atoms with Gasteiger partial charge in [0.2, 0.25) is 9.84 Å². The fourth-order valence-electron chi connectivity index (χ4n) is 4.39. The van der Waals surface area contributed by atoms with Crippen LogP contribution in [-0.2, 0) is 33.1 Å². The lowest BCUT2D eigenvalue weighted by Gasteiger charge is -2.21. The summed E-state index contributed by atoms with van der Waals surface area (Å²) in [5.74, 6) is -0.583. The number of H-pyrrole nitrogens is 1. The highest BCUT2D eigenvalue weighted by molar-refractivity contribution is 9.06. The quantitative estimate of drug-likeness (QED) is 0.365. The highest BCUT2D eigenvalue weighted by atomic mass is 79.9. The average molecular weight is 574 g/mol. The van der Waals surface area contributed by atoms with E-state index in [9.17, 15) is 18.0 Å². The minimum atomic E-state index is -4.00. The Kier molecular flexibility index (Phi) is 6.16. The monoisotopic (exact) mass is 572 g/mol. The van der Waals surface area contributed by atoms with Gasteiger partial charge in [-0.3, -0.25) is 4.79 Å². The van der Waals surface area contributed by atoms with Gasteiger partial charge >= 0.3 is 5.97 Å². The third-order valence-electron chi connectivity index (χ3n) is 6.04. The maximum atomic E-state index is 13.2. The third kappa shape index (κ3) is 4.24. The molecular weight excluding hydrogens is 556 g/mol. The van der Waals surface area contributed by atoms with Crippen LogP contribution in [0.25, 0.3) is 11.4 Å². The second-order valence-corrected chi connectivity index (χ2v) is 10.8. The second-order valence-electron chi connectivity index (χ2n) is 8.16. The highest BCUT2D eigenvalue weighted by Gasteiger charge is 2.30. The molecule has 0 amide bonds. The van der Waals surface area contributed by atoms with E-state index in [1.807, 2.05) is 12.1 Å². The number of aromatic amines is 1. The lowest BCUT2D eigenvalue weighted by molar-refractivity contribution is 0.0771. The summed E-state index contributed by atoms with van der Waals surface area (Å²) < 4.78 is 32.9. The van der Waals surface area contributed by atoms with Gasteiger partial charge in [0.05, 0.1) is 16.3 Å². The van der Waals surface area contributed by atoms with Crippen LogP contribution in [-0.4, -0.2) is 23.9 Å². The van der Waals surface area contributed by atoms with Gasteiger partial charge in [-0.2, -0.15) is 0 Å². The number of fused-ring (bicyclic) bond motifs is 3. The van der Waals surface area contributed by atoms with Gasteiger partial charge in [-0.05, 0) is 65.9 Å². The number of hydrogen-bond acceptors (Lipinski definition) is 5. The topological polar surface area (TPSA) is 98.2 Å². The highest BCUT2D eigenvalue weighted by Crippen LogP contribution is 2.36. The molecule has 0 saturated heterocycles. The van der Waals surface area contributed by atoms with E-state index in [-0.39, 0.29) is 9.79 Å². The Hall–Kier alpha value is -3.14. The van der Waals surface area contributed by atoms with Crippen molar-refractivity contribution in [3.8, 4) is 11.4 Å². The van der Waals surface area contributed by atoms with E-state index in [1.54, 1.807) is 41.0 Å². The van der Waals surface area contributed by atoms with E-state index < -0.39 is 21.4 Å². The van der Waals surface area contributed by atoms with Gasteiger partial charge in [0.25, 0.3) is 5.56 Å². The number of hydrogen-bond donors (Lipinski definition) is 1. The molecule has 0 spiro atoms. The number of halogens is 2. The summed E-state index contributed by atoms with van der Waals surface area (Å²) in [5, 5.41) is 0.588. The van der Waals surface area contributed by atoms with Crippen LogP contribution in [0.15, 0.2) is 81.3 Å². The van der Waals surface area contributed by atoms with E-state index in [1.165, 1.54) is 18.2 Å². The average Bonchev–Trinajstić information content (AvgIpc) is 3.23. The molecule has 1 aliphatic carbocycles. The number of rotatable bonds is 5. The molecule has 0 atom stereocenters. The van der Waals surface area contributed by atoms with Gasteiger partial charge in [0.15, 0.2) is 16.3 Å². The van der Waals surface area contributed by atoms with Crippen molar-refractivity contribution in [2.24, 2.45) is 0 Å². The summed E-state index contributed by atoms with van der Waals surface area (Å²) in [5.41, 5.74) is 3.14. The molecule has 0 fully saturated rings. The van der Waals surface area contributed by atoms with Crippen LogP contribution in [0.3, 0.4) is 0 Å².